The van der Waals surface area contributed by atoms with E-state index >= 15 is 0 Å². The normalized spacial score (nSPS) is 20.9. The van der Waals surface area contributed by atoms with Crippen LogP contribution in [0.3, 0.4) is 0 Å². The lowest BCUT2D eigenvalue weighted by atomic mass is 10.1. The summed E-state index contributed by atoms with van der Waals surface area (Å²) in [6.45, 7) is 0.777. The predicted molar refractivity (Wildman–Crippen MR) is 92.2 cm³/mol. The summed E-state index contributed by atoms with van der Waals surface area (Å²) in [5, 5.41) is 1.43. The molecule has 0 spiro atoms. The lowest BCUT2D eigenvalue weighted by molar-refractivity contribution is -0.130. The SMILES string of the molecule is O=C(Cc1cccs1)N1CC[C@H](c2ccccc2)S(=O)(=O)CC1. The summed E-state index contributed by atoms with van der Waals surface area (Å²) in [6.07, 6.45) is 0.816. The van der Waals surface area contributed by atoms with E-state index in [1.54, 1.807) is 16.2 Å². The number of benzene rings is 1. The molecule has 2 aromatic rings. The lowest BCUT2D eigenvalue weighted by Crippen LogP contribution is -2.34. The van der Waals surface area contributed by atoms with Crippen molar-refractivity contribution in [3.05, 3.63) is 58.3 Å². The number of amides is 1. The topological polar surface area (TPSA) is 54.5 Å². The monoisotopic (exact) mass is 349 g/mol. The minimum absolute atomic E-state index is 0.0105. The second-order valence-electron chi connectivity index (χ2n) is 5.69. The highest BCUT2D eigenvalue weighted by Gasteiger charge is 2.32. The third-order valence-electron chi connectivity index (χ3n) is 4.17. The van der Waals surface area contributed by atoms with Crippen LogP contribution in [0.4, 0.5) is 0 Å². The maximum atomic E-state index is 12.6. The van der Waals surface area contributed by atoms with E-state index in [1.807, 2.05) is 47.8 Å². The molecule has 4 nitrogen and oxygen atoms in total. The summed E-state index contributed by atoms with van der Waals surface area (Å²) < 4.78 is 25.1. The van der Waals surface area contributed by atoms with Crippen LogP contribution in [0.1, 0.15) is 22.1 Å². The van der Waals surface area contributed by atoms with Crippen LogP contribution in [0.2, 0.25) is 0 Å². The Bertz CT molecular complexity index is 754. The van der Waals surface area contributed by atoms with Crippen molar-refractivity contribution in [3.8, 4) is 0 Å². The van der Waals surface area contributed by atoms with Crippen molar-refractivity contribution in [2.75, 3.05) is 18.8 Å². The quantitative estimate of drug-likeness (QED) is 0.856. The van der Waals surface area contributed by atoms with E-state index in [-0.39, 0.29) is 18.2 Å². The molecule has 122 valence electrons. The second-order valence-corrected chi connectivity index (χ2v) is 9.03. The molecule has 0 saturated carbocycles. The third-order valence-corrected chi connectivity index (χ3v) is 7.17. The van der Waals surface area contributed by atoms with Crippen LogP contribution in [0.5, 0.6) is 0 Å². The summed E-state index contributed by atoms with van der Waals surface area (Å²) in [5.74, 6) is 0.0410. The molecule has 1 aliphatic rings. The second kappa shape index (κ2) is 6.84. The van der Waals surface area contributed by atoms with Gasteiger partial charge in [0.2, 0.25) is 5.91 Å². The molecule has 1 aromatic carbocycles. The largest absolute Gasteiger partial charge is 0.341 e. The van der Waals surface area contributed by atoms with E-state index in [2.05, 4.69) is 0 Å². The van der Waals surface area contributed by atoms with Gasteiger partial charge < -0.3 is 4.90 Å². The van der Waals surface area contributed by atoms with Crippen LogP contribution in [-0.2, 0) is 21.1 Å². The zero-order valence-electron chi connectivity index (χ0n) is 12.7. The first-order valence-corrected chi connectivity index (χ1v) is 10.2. The first-order chi connectivity index (χ1) is 11.1. The van der Waals surface area contributed by atoms with E-state index in [1.165, 1.54) is 0 Å². The fourth-order valence-electron chi connectivity index (χ4n) is 2.91. The van der Waals surface area contributed by atoms with Crippen molar-refractivity contribution < 1.29 is 13.2 Å². The van der Waals surface area contributed by atoms with Gasteiger partial charge in [0.15, 0.2) is 9.84 Å². The Hall–Kier alpha value is -1.66. The first kappa shape index (κ1) is 16.2. The first-order valence-electron chi connectivity index (χ1n) is 7.63. The molecular formula is C17H19NO3S2. The molecular weight excluding hydrogens is 330 g/mol. The van der Waals surface area contributed by atoms with Gasteiger partial charge in [0.05, 0.1) is 17.4 Å². The Kier molecular flexibility index (Phi) is 4.82. The molecule has 0 bridgehead atoms. The predicted octanol–water partition coefficient (Wildman–Crippen LogP) is 2.68. The number of carbonyl (C=O) groups is 1. The Morgan fingerprint density at radius 3 is 2.61 bits per heavy atom. The maximum absolute atomic E-state index is 12.6. The fraction of sp³-hybridized carbons (Fsp3) is 0.353. The van der Waals surface area contributed by atoms with Gasteiger partial charge in [0, 0.05) is 18.0 Å². The van der Waals surface area contributed by atoms with Crippen LogP contribution >= 0.6 is 11.3 Å². The van der Waals surface area contributed by atoms with Crippen LogP contribution in [0.15, 0.2) is 47.8 Å². The van der Waals surface area contributed by atoms with Crippen molar-refractivity contribution in [2.45, 2.75) is 18.1 Å². The molecule has 2 heterocycles. The molecule has 1 amide bonds. The minimum Gasteiger partial charge on any atom is -0.341 e. The minimum atomic E-state index is -3.23. The molecule has 0 radical (unpaired) electrons. The molecule has 1 saturated heterocycles. The molecule has 0 N–H and O–H groups in total. The van der Waals surface area contributed by atoms with Crippen molar-refractivity contribution in [2.24, 2.45) is 0 Å². The summed E-state index contributed by atoms with van der Waals surface area (Å²) in [5.41, 5.74) is 0.819. The molecule has 6 heteroatoms. The molecule has 1 atom stereocenters. The van der Waals surface area contributed by atoms with E-state index < -0.39 is 15.1 Å². The zero-order chi connectivity index (χ0) is 16.3. The highest BCUT2D eigenvalue weighted by Crippen LogP contribution is 2.29. The number of sulfone groups is 1. The van der Waals surface area contributed by atoms with Gasteiger partial charge in [0.1, 0.15) is 0 Å². The van der Waals surface area contributed by atoms with Crippen LogP contribution < -0.4 is 0 Å². The van der Waals surface area contributed by atoms with Gasteiger partial charge in [-0.25, -0.2) is 8.42 Å². The smallest absolute Gasteiger partial charge is 0.227 e. The Morgan fingerprint density at radius 2 is 1.91 bits per heavy atom. The van der Waals surface area contributed by atoms with Crippen LogP contribution in [0, 0.1) is 0 Å². The molecule has 0 aliphatic carbocycles. The standard InChI is InChI=1S/C17H19NO3S2/c19-17(13-15-7-4-11-22-15)18-9-8-16(23(20,21)12-10-18)14-5-2-1-3-6-14/h1-7,11,16H,8-10,12-13H2/t16-/m1/s1. The average molecular weight is 349 g/mol. The summed E-state index contributed by atoms with van der Waals surface area (Å²) in [4.78, 5) is 15.1. The van der Waals surface area contributed by atoms with Crippen molar-refractivity contribution in [1.82, 2.24) is 4.90 Å². The van der Waals surface area contributed by atoms with Gasteiger partial charge in [-0.15, -0.1) is 11.3 Å². The van der Waals surface area contributed by atoms with Gasteiger partial charge in [-0.05, 0) is 23.4 Å². The van der Waals surface area contributed by atoms with Crippen molar-refractivity contribution in [3.63, 3.8) is 0 Å². The number of hydrogen-bond acceptors (Lipinski definition) is 4. The highest BCUT2D eigenvalue weighted by atomic mass is 32.2. The Balaban J connectivity index is 1.73. The molecule has 1 fully saturated rings. The van der Waals surface area contributed by atoms with E-state index in [0.29, 0.717) is 19.4 Å². The Labute approximate surface area is 140 Å². The summed E-state index contributed by atoms with van der Waals surface area (Å²) in [6, 6.07) is 13.2. The van der Waals surface area contributed by atoms with Gasteiger partial charge in [-0.1, -0.05) is 36.4 Å². The highest BCUT2D eigenvalue weighted by molar-refractivity contribution is 7.91. The van der Waals surface area contributed by atoms with E-state index in [4.69, 9.17) is 0 Å². The number of thiophene rings is 1. The molecule has 1 aromatic heterocycles. The average Bonchev–Trinajstić information content (AvgIpc) is 2.98. The maximum Gasteiger partial charge on any atom is 0.227 e. The van der Waals surface area contributed by atoms with Crippen LogP contribution in [0.25, 0.3) is 0 Å². The van der Waals surface area contributed by atoms with Crippen LogP contribution in [-0.4, -0.2) is 38.1 Å². The number of rotatable bonds is 3. The van der Waals surface area contributed by atoms with Gasteiger partial charge in [-0.3, -0.25) is 4.79 Å². The molecule has 0 unspecified atom stereocenters. The van der Waals surface area contributed by atoms with Crippen molar-refractivity contribution >= 4 is 27.1 Å². The summed E-state index contributed by atoms with van der Waals surface area (Å²) in [7, 11) is -3.23. The lowest BCUT2D eigenvalue weighted by Gasteiger charge is -2.19. The summed E-state index contributed by atoms with van der Waals surface area (Å²) >= 11 is 1.55. The number of hydrogen-bond donors (Lipinski definition) is 0. The number of nitrogens with zero attached hydrogens (tertiary/aromatic N) is 1. The van der Waals surface area contributed by atoms with Gasteiger partial charge in [0.25, 0.3) is 0 Å². The van der Waals surface area contributed by atoms with Gasteiger partial charge in [-0.2, -0.15) is 0 Å². The van der Waals surface area contributed by atoms with Crippen molar-refractivity contribution in [1.29, 1.82) is 0 Å². The fourth-order valence-corrected chi connectivity index (χ4v) is 5.40. The molecule has 3 rings (SSSR count). The third kappa shape index (κ3) is 3.82. The molecule has 1 aliphatic heterocycles. The van der Waals surface area contributed by atoms with Gasteiger partial charge >= 0.3 is 0 Å². The number of carbonyl (C=O) groups excluding carboxylic acids is 1. The van der Waals surface area contributed by atoms with E-state index in [0.717, 1.165) is 10.4 Å². The van der Waals surface area contributed by atoms with E-state index in [9.17, 15) is 13.2 Å². The molecule has 23 heavy (non-hydrogen) atoms. The Morgan fingerprint density at radius 1 is 1.13 bits per heavy atom. The zero-order valence-corrected chi connectivity index (χ0v) is 14.4.